The Bertz CT molecular complexity index is 965. The largest absolute Gasteiger partial charge is 0.480 e. The van der Waals surface area contributed by atoms with Crippen LogP contribution in [0.4, 0.5) is 0 Å². The van der Waals surface area contributed by atoms with Crippen LogP contribution in [0, 0.1) is 0 Å². The van der Waals surface area contributed by atoms with Gasteiger partial charge in [-0.15, -0.1) is 0 Å². The monoisotopic (exact) mass is 490 g/mol. The molecule has 2 aliphatic heterocycles. The van der Waals surface area contributed by atoms with E-state index in [9.17, 15) is 18.0 Å². The number of allylic oxidation sites excluding steroid dienone is 5. The molecule has 2 N–H and O–H groups in total. The first kappa shape index (κ1) is 24.7. The maximum atomic E-state index is 12.3. The second-order valence-corrected chi connectivity index (χ2v) is 10.7. The normalized spacial score (nSPS) is 20.6. The first-order valence-corrected chi connectivity index (χ1v) is 12.6. The summed E-state index contributed by atoms with van der Waals surface area (Å²) in [4.78, 5) is 26.7. The highest BCUT2D eigenvalue weighted by atomic mass is 32.2. The molecule has 0 spiro atoms. The Morgan fingerprint density at radius 2 is 2.00 bits per heavy atom. The number of aliphatic carboxylic acids is 1. The van der Waals surface area contributed by atoms with Crippen molar-refractivity contribution in [3.05, 3.63) is 44.8 Å². The Labute approximate surface area is 189 Å². The van der Waals surface area contributed by atoms with Gasteiger partial charge in [-0.05, 0) is 49.8 Å². The highest BCUT2D eigenvalue weighted by Crippen LogP contribution is 2.35. The first-order valence-electron chi connectivity index (χ1n) is 8.90. The predicted octanol–water partition coefficient (Wildman–Crippen LogP) is 3.18. The van der Waals surface area contributed by atoms with Gasteiger partial charge in [-0.1, -0.05) is 41.8 Å². The zero-order valence-electron chi connectivity index (χ0n) is 16.4. The molecule has 30 heavy (non-hydrogen) atoms. The molecular formula is C18H22N2O6S4. The van der Waals surface area contributed by atoms with Crippen LogP contribution in [0.2, 0.25) is 0 Å². The number of carbonyl (C=O) groups excluding carboxylic acids is 1. The molecule has 2 heterocycles. The van der Waals surface area contributed by atoms with E-state index < -0.39 is 28.5 Å². The van der Waals surface area contributed by atoms with Gasteiger partial charge in [0, 0.05) is 12.2 Å². The van der Waals surface area contributed by atoms with Gasteiger partial charge in [-0.3, -0.25) is 19.0 Å². The molecule has 0 saturated carbocycles. The summed E-state index contributed by atoms with van der Waals surface area (Å²) in [6, 6.07) is 0. The SMILES string of the molecule is CC1=CS/C(=C/C=C(C)/C=C2/SC(=S)N(CC(=O)O)C2=O)N1CCCCS(=O)(=O)O. The van der Waals surface area contributed by atoms with E-state index in [0.717, 1.165) is 33.0 Å². The molecular weight excluding hydrogens is 468 g/mol. The van der Waals surface area contributed by atoms with Crippen molar-refractivity contribution in [2.75, 3.05) is 18.8 Å². The molecule has 0 unspecified atom stereocenters. The Balaban J connectivity index is 2.03. The molecule has 12 heteroatoms. The molecule has 0 atom stereocenters. The summed E-state index contributed by atoms with van der Waals surface area (Å²) >= 11 is 7.70. The number of rotatable bonds is 9. The maximum Gasteiger partial charge on any atom is 0.323 e. The van der Waals surface area contributed by atoms with Crippen molar-refractivity contribution in [1.29, 1.82) is 0 Å². The summed E-state index contributed by atoms with van der Waals surface area (Å²) in [5.41, 5.74) is 1.84. The fraction of sp³-hybridized carbons (Fsp3) is 0.389. The summed E-state index contributed by atoms with van der Waals surface area (Å²) in [5, 5.41) is 11.8. The van der Waals surface area contributed by atoms with Crippen LogP contribution >= 0.6 is 35.7 Å². The van der Waals surface area contributed by atoms with E-state index >= 15 is 0 Å². The second-order valence-electron chi connectivity index (χ2n) is 6.60. The molecule has 1 saturated heterocycles. The lowest BCUT2D eigenvalue weighted by molar-refractivity contribution is -0.140. The first-order chi connectivity index (χ1) is 14.0. The number of thiocarbonyl (C=S) groups is 1. The molecule has 0 aromatic heterocycles. The summed E-state index contributed by atoms with van der Waals surface area (Å²) in [6.45, 7) is 3.96. The number of nitrogens with zero attached hydrogens (tertiary/aromatic N) is 2. The molecule has 0 aromatic rings. The van der Waals surface area contributed by atoms with Crippen LogP contribution in [-0.2, 0) is 19.7 Å². The van der Waals surface area contributed by atoms with E-state index in [1.165, 1.54) is 0 Å². The molecule has 1 amide bonds. The van der Waals surface area contributed by atoms with Gasteiger partial charge < -0.3 is 10.0 Å². The van der Waals surface area contributed by atoms with Gasteiger partial charge in [0.15, 0.2) is 0 Å². The van der Waals surface area contributed by atoms with Crippen LogP contribution in [0.5, 0.6) is 0 Å². The summed E-state index contributed by atoms with van der Waals surface area (Å²) in [7, 11) is -3.94. The van der Waals surface area contributed by atoms with Gasteiger partial charge in [0.05, 0.1) is 15.7 Å². The van der Waals surface area contributed by atoms with Gasteiger partial charge in [0.1, 0.15) is 10.9 Å². The average Bonchev–Trinajstić information content (AvgIpc) is 3.10. The fourth-order valence-corrected chi connectivity index (χ4v) is 5.45. The smallest absolute Gasteiger partial charge is 0.323 e. The predicted molar refractivity (Wildman–Crippen MR) is 123 cm³/mol. The van der Waals surface area contributed by atoms with Crippen molar-refractivity contribution in [1.82, 2.24) is 9.80 Å². The topological polar surface area (TPSA) is 115 Å². The number of unbranched alkanes of at least 4 members (excludes halogenated alkanes) is 1. The van der Waals surface area contributed by atoms with Crippen molar-refractivity contribution in [2.45, 2.75) is 26.7 Å². The minimum absolute atomic E-state index is 0.224. The van der Waals surface area contributed by atoms with E-state index in [2.05, 4.69) is 4.90 Å². The molecule has 0 bridgehead atoms. The van der Waals surface area contributed by atoms with Crippen LogP contribution in [0.25, 0.3) is 0 Å². The summed E-state index contributed by atoms with van der Waals surface area (Å²) < 4.78 is 30.7. The Morgan fingerprint density at radius 3 is 2.63 bits per heavy atom. The number of hydrogen-bond acceptors (Lipinski definition) is 8. The maximum absolute atomic E-state index is 12.3. The van der Waals surface area contributed by atoms with Gasteiger partial charge in [-0.2, -0.15) is 8.42 Å². The molecule has 164 valence electrons. The van der Waals surface area contributed by atoms with Gasteiger partial charge >= 0.3 is 5.97 Å². The second kappa shape index (κ2) is 10.6. The molecule has 0 aliphatic carbocycles. The van der Waals surface area contributed by atoms with Crippen molar-refractivity contribution >= 4 is 62.1 Å². The number of carbonyl (C=O) groups is 2. The zero-order valence-corrected chi connectivity index (χ0v) is 19.7. The van der Waals surface area contributed by atoms with E-state index in [4.69, 9.17) is 21.9 Å². The number of carboxylic acids is 1. The van der Waals surface area contributed by atoms with Gasteiger partial charge in [-0.25, -0.2) is 0 Å². The average molecular weight is 491 g/mol. The van der Waals surface area contributed by atoms with Crippen molar-refractivity contribution < 1.29 is 27.7 Å². The standard InChI is InChI=1S/C18H22N2O6S4/c1-12(9-14-17(23)20(10-16(21)22)18(27)29-14)5-6-15-19(13(2)11-28-15)7-3-4-8-30(24,25)26/h5-6,9,11H,3-4,7-8,10H2,1-2H3,(H,21,22)(H,24,25,26)/b12-5+,14-9+,15-6+. The molecule has 0 aromatic carbocycles. The van der Waals surface area contributed by atoms with Gasteiger partial charge in [0.25, 0.3) is 16.0 Å². The Hall–Kier alpha value is -1.60. The number of hydrogen-bond donors (Lipinski definition) is 2. The quantitative estimate of drug-likeness (QED) is 0.216. The highest BCUT2D eigenvalue weighted by Gasteiger charge is 2.33. The third-order valence-electron chi connectivity index (χ3n) is 4.09. The minimum atomic E-state index is -3.94. The van der Waals surface area contributed by atoms with Crippen LogP contribution in [0.1, 0.15) is 26.7 Å². The van der Waals surface area contributed by atoms with Crippen LogP contribution in [-0.4, -0.2) is 62.9 Å². The van der Waals surface area contributed by atoms with Crippen molar-refractivity contribution in [3.63, 3.8) is 0 Å². The molecule has 2 rings (SSSR count). The third-order valence-corrected chi connectivity index (χ3v) is 7.33. The molecule has 2 aliphatic rings. The van der Waals surface area contributed by atoms with E-state index in [1.807, 2.05) is 31.4 Å². The Kier molecular flexibility index (Phi) is 8.73. The van der Waals surface area contributed by atoms with Crippen LogP contribution < -0.4 is 0 Å². The highest BCUT2D eigenvalue weighted by molar-refractivity contribution is 8.26. The third kappa shape index (κ3) is 7.27. The number of carboxylic acid groups (broad SMARTS) is 1. The lowest BCUT2D eigenvalue weighted by Gasteiger charge is -2.21. The zero-order chi connectivity index (χ0) is 22.5. The van der Waals surface area contributed by atoms with Crippen molar-refractivity contribution in [3.8, 4) is 0 Å². The number of amides is 1. The van der Waals surface area contributed by atoms with Crippen LogP contribution in [0.15, 0.2) is 44.8 Å². The summed E-state index contributed by atoms with van der Waals surface area (Å²) in [6.07, 6.45) is 6.41. The molecule has 8 nitrogen and oxygen atoms in total. The van der Waals surface area contributed by atoms with Crippen LogP contribution in [0.3, 0.4) is 0 Å². The Morgan fingerprint density at radius 1 is 1.30 bits per heavy atom. The van der Waals surface area contributed by atoms with Gasteiger partial charge in [0.2, 0.25) is 0 Å². The van der Waals surface area contributed by atoms with Crippen molar-refractivity contribution in [2.24, 2.45) is 0 Å². The molecule has 1 fully saturated rings. The minimum Gasteiger partial charge on any atom is -0.480 e. The van der Waals surface area contributed by atoms with E-state index in [1.54, 1.807) is 17.8 Å². The molecule has 0 radical (unpaired) electrons. The fourth-order valence-electron chi connectivity index (χ4n) is 2.65. The lowest BCUT2D eigenvalue weighted by atomic mass is 10.2. The number of thioether (sulfide) groups is 2. The summed E-state index contributed by atoms with van der Waals surface area (Å²) in [5.74, 6) is -1.79. The lowest BCUT2D eigenvalue weighted by Crippen LogP contribution is -2.33. The van der Waals surface area contributed by atoms with E-state index in [-0.39, 0.29) is 10.1 Å². The van der Waals surface area contributed by atoms with E-state index in [0.29, 0.717) is 24.3 Å².